The monoisotopic (exact) mass is 211 g/mol. The van der Waals surface area contributed by atoms with Crippen molar-refractivity contribution in [1.29, 1.82) is 0 Å². The van der Waals surface area contributed by atoms with Crippen molar-refractivity contribution in [3.05, 3.63) is 28.6 Å². The predicted molar refractivity (Wildman–Crippen MR) is 45.4 cm³/mol. The summed E-state index contributed by atoms with van der Waals surface area (Å²) in [6, 6.07) is 1.98. The van der Waals surface area contributed by atoms with Gasteiger partial charge in [-0.2, -0.15) is 5.10 Å². The van der Waals surface area contributed by atoms with Crippen LogP contribution in [0.15, 0.2) is 23.1 Å². The van der Waals surface area contributed by atoms with E-state index in [1.807, 2.05) is 19.2 Å². The minimum absolute atomic E-state index is 0.880. The zero-order valence-corrected chi connectivity index (χ0v) is 7.54. The van der Waals surface area contributed by atoms with Gasteiger partial charge in [-0.1, -0.05) is 0 Å². The molecule has 3 nitrogen and oxygen atoms in total. The minimum atomic E-state index is 0.880. The van der Waals surface area contributed by atoms with Gasteiger partial charge in [0, 0.05) is 10.7 Å². The number of hydrogen-bond donors (Lipinski definition) is 0. The molecule has 0 saturated carbocycles. The second-order valence-corrected chi connectivity index (χ2v) is 3.22. The fourth-order valence-electron chi connectivity index (χ4n) is 0.934. The van der Waals surface area contributed by atoms with Gasteiger partial charge in [0.1, 0.15) is 6.33 Å². The van der Waals surface area contributed by atoms with E-state index in [1.165, 1.54) is 5.56 Å². The molecule has 0 aliphatic heterocycles. The lowest BCUT2D eigenvalue weighted by atomic mass is 10.3. The average Bonchev–Trinajstić information content (AvgIpc) is 2.36. The van der Waals surface area contributed by atoms with Gasteiger partial charge in [0.25, 0.3) is 0 Å². The molecule has 0 fully saturated rings. The summed E-state index contributed by atoms with van der Waals surface area (Å²) in [5.74, 6) is 0. The van der Waals surface area contributed by atoms with Crippen LogP contribution in [0.5, 0.6) is 0 Å². The molecule has 56 valence electrons. The Hall–Kier alpha value is -0.900. The van der Waals surface area contributed by atoms with Gasteiger partial charge in [0.2, 0.25) is 0 Å². The smallest absolute Gasteiger partial charge is 0.155 e. The SMILES string of the molecule is Cc1cc2ncnn2cc1Br. The standard InChI is InChI=1S/C7H6BrN3/c1-5-2-7-9-4-10-11(7)3-6(5)8/h2-4H,1H3. The highest BCUT2D eigenvalue weighted by atomic mass is 79.9. The molecule has 0 aliphatic carbocycles. The number of nitrogens with zero attached hydrogens (tertiary/aromatic N) is 3. The maximum Gasteiger partial charge on any atom is 0.155 e. The molecule has 2 aromatic rings. The lowest BCUT2D eigenvalue weighted by molar-refractivity contribution is 0.952. The summed E-state index contributed by atoms with van der Waals surface area (Å²) in [6.45, 7) is 2.03. The van der Waals surface area contributed by atoms with Crippen LogP contribution in [0, 0.1) is 6.92 Å². The lowest BCUT2D eigenvalue weighted by Gasteiger charge is -1.96. The highest BCUT2D eigenvalue weighted by Crippen LogP contribution is 2.15. The number of hydrogen-bond acceptors (Lipinski definition) is 2. The molecule has 0 amide bonds. The summed E-state index contributed by atoms with van der Waals surface area (Å²) in [6.07, 6.45) is 3.44. The third-order valence-corrected chi connectivity index (χ3v) is 2.39. The molecule has 0 saturated heterocycles. The largest absolute Gasteiger partial charge is 0.220 e. The normalized spacial score (nSPS) is 10.7. The first-order valence-corrected chi connectivity index (χ1v) is 4.02. The van der Waals surface area contributed by atoms with Crippen molar-refractivity contribution in [3.63, 3.8) is 0 Å². The van der Waals surface area contributed by atoms with Crippen molar-refractivity contribution in [2.75, 3.05) is 0 Å². The van der Waals surface area contributed by atoms with E-state index in [4.69, 9.17) is 0 Å². The molecule has 0 bridgehead atoms. The summed E-state index contributed by atoms with van der Waals surface area (Å²) < 4.78 is 2.78. The van der Waals surface area contributed by atoms with Gasteiger partial charge in [-0.25, -0.2) is 9.50 Å². The Morgan fingerprint density at radius 1 is 1.55 bits per heavy atom. The summed E-state index contributed by atoms with van der Waals surface area (Å²) in [7, 11) is 0. The van der Waals surface area contributed by atoms with Crippen molar-refractivity contribution in [1.82, 2.24) is 14.6 Å². The highest BCUT2D eigenvalue weighted by molar-refractivity contribution is 9.10. The molecule has 0 aliphatic rings. The molecule has 2 aromatic heterocycles. The quantitative estimate of drug-likeness (QED) is 0.666. The first kappa shape index (κ1) is 6.79. The van der Waals surface area contributed by atoms with E-state index in [2.05, 4.69) is 26.0 Å². The minimum Gasteiger partial charge on any atom is -0.220 e. The Labute approximate surface area is 72.2 Å². The Kier molecular flexibility index (Phi) is 1.42. The molecule has 2 rings (SSSR count). The molecule has 0 spiro atoms. The molecule has 4 heteroatoms. The maximum absolute atomic E-state index is 4.05. The molecule has 0 aromatic carbocycles. The van der Waals surface area contributed by atoms with E-state index in [9.17, 15) is 0 Å². The number of pyridine rings is 1. The van der Waals surface area contributed by atoms with Gasteiger partial charge in [-0.15, -0.1) is 0 Å². The number of rotatable bonds is 0. The highest BCUT2D eigenvalue weighted by Gasteiger charge is 1.98. The van der Waals surface area contributed by atoms with Gasteiger partial charge in [-0.3, -0.25) is 0 Å². The van der Waals surface area contributed by atoms with E-state index >= 15 is 0 Å². The van der Waals surface area contributed by atoms with Crippen LogP contribution in [-0.2, 0) is 0 Å². The zero-order valence-electron chi connectivity index (χ0n) is 5.95. The fraction of sp³-hybridized carbons (Fsp3) is 0.143. The van der Waals surface area contributed by atoms with E-state index in [0.29, 0.717) is 0 Å². The second kappa shape index (κ2) is 2.30. The van der Waals surface area contributed by atoms with Crippen LogP contribution >= 0.6 is 15.9 Å². The molecule has 0 atom stereocenters. The van der Waals surface area contributed by atoms with Crippen LogP contribution in [0.3, 0.4) is 0 Å². The van der Waals surface area contributed by atoms with E-state index in [-0.39, 0.29) is 0 Å². The third-order valence-electron chi connectivity index (χ3n) is 1.56. The predicted octanol–water partition coefficient (Wildman–Crippen LogP) is 1.80. The molecule has 11 heavy (non-hydrogen) atoms. The first-order valence-electron chi connectivity index (χ1n) is 3.23. The molecular formula is C7H6BrN3. The van der Waals surface area contributed by atoms with Crippen molar-refractivity contribution in [2.24, 2.45) is 0 Å². The summed E-state index contributed by atoms with van der Waals surface area (Å²) >= 11 is 3.41. The molecular weight excluding hydrogens is 206 g/mol. The van der Waals surface area contributed by atoms with Crippen LogP contribution in [-0.4, -0.2) is 14.6 Å². The van der Waals surface area contributed by atoms with Crippen LogP contribution < -0.4 is 0 Å². The molecule has 0 N–H and O–H groups in total. The van der Waals surface area contributed by atoms with E-state index < -0.39 is 0 Å². The van der Waals surface area contributed by atoms with Gasteiger partial charge in [-0.05, 0) is 34.5 Å². The van der Waals surface area contributed by atoms with Gasteiger partial charge >= 0.3 is 0 Å². The lowest BCUT2D eigenvalue weighted by Crippen LogP contribution is -1.88. The topological polar surface area (TPSA) is 30.2 Å². The van der Waals surface area contributed by atoms with Gasteiger partial charge in [0.05, 0.1) is 0 Å². The average molecular weight is 212 g/mol. The maximum atomic E-state index is 4.05. The van der Waals surface area contributed by atoms with Crippen molar-refractivity contribution in [3.8, 4) is 0 Å². The van der Waals surface area contributed by atoms with E-state index in [1.54, 1.807) is 10.8 Å². The molecule has 2 heterocycles. The fourth-order valence-corrected chi connectivity index (χ4v) is 1.24. The zero-order chi connectivity index (χ0) is 7.84. The third kappa shape index (κ3) is 1.03. The van der Waals surface area contributed by atoms with Gasteiger partial charge < -0.3 is 0 Å². The Morgan fingerprint density at radius 2 is 2.36 bits per heavy atom. The number of fused-ring (bicyclic) bond motifs is 1. The van der Waals surface area contributed by atoms with Crippen LogP contribution in [0.25, 0.3) is 5.65 Å². The first-order chi connectivity index (χ1) is 5.27. The van der Waals surface area contributed by atoms with Crippen LogP contribution in [0.4, 0.5) is 0 Å². The summed E-state index contributed by atoms with van der Waals surface area (Å²) in [5.41, 5.74) is 2.05. The van der Waals surface area contributed by atoms with Crippen LogP contribution in [0.2, 0.25) is 0 Å². The number of halogens is 1. The van der Waals surface area contributed by atoms with Crippen LogP contribution in [0.1, 0.15) is 5.56 Å². The van der Waals surface area contributed by atoms with E-state index in [0.717, 1.165) is 10.1 Å². The van der Waals surface area contributed by atoms with Gasteiger partial charge in [0.15, 0.2) is 5.65 Å². The molecule has 0 radical (unpaired) electrons. The van der Waals surface area contributed by atoms with Crippen molar-refractivity contribution in [2.45, 2.75) is 6.92 Å². The number of aromatic nitrogens is 3. The van der Waals surface area contributed by atoms with Crippen molar-refractivity contribution >= 4 is 21.6 Å². The Morgan fingerprint density at radius 3 is 3.18 bits per heavy atom. The summed E-state index contributed by atoms with van der Waals surface area (Å²) in [5, 5.41) is 4.00. The van der Waals surface area contributed by atoms with Crippen molar-refractivity contribution < 1.29 is 0 Å². The summed E-state index contributed by atoms with van der Waals surface area (Å²) in [4.78, 5) is 4.05. The number of aryl methyl sites for hydroxylation is 1. The Bertz CT molecular complexity index is 357. The second-order valence-electron chi connectivity index (χ2n) is 2.37. The molecule has 0 unspecified atom stereocenters. The Balaban J connectivity index is 2.86.